The van der Waals surface area contributed by atoms with Crippen molar-refractivity contribution in [2.24, 2.45) is 0 Å². The smallest absolute Gasteiger partial charge is 0.410 e. The van der Waals surface area contributed by atoms with Crippen molar-refractivity contribution in [3.05, 3.63) is 36.9 Å². The van der Waals surface area contributed by atoms with Gasteiger partial charge in [-0.3, -0.25) is 0 Å². The monoisotopic (exact) mass is 206 g/mol. The Labute approximate surface area is 88.7 Å². The summed E-state index contributed by atoms with van der Waals surface area (Å²) in [6, 6.07) is 6.63. The summed E-state index contributed by atoms with van der Waals surface area (Å²) in [4.78, 5) is 11.2. The average molecular weight is 206 g/mol. The lowest BCUT2D eigenvalue weighted by molar-refractivity contribution is 0.200. The Bertz CT molecular complexity index is 333. The molecule has 80 valence electrons. The van der Waals surface area contributed by atoms with Crippen molar-refractivity contribution < 1.29 is 9.53 Å². The molecule has 0 heterocycles. The van der Waals surface area contributed by atoms with Crippen molar-refractivity contribution in [2.75, 3.05) is 12.3 Å². The molecule has 0 saturated carbocycles. The molecule has 0 spiro atoms. The molecule has 1 rings (SSSR count). The number of ether oxygens (including phenoxy) is 1. The Kier molecular flexibility index (Phi) is 4.22. The fraction of sp³-hybridized carbons (Fsp3) is 0.182. The van der Waals surface area contributed by atoms with Crippen LogP contribution >= 0.6 is 0 Å². The van der Waals surface area contributed by atoms with Crippen LogP contribution in [0.25, 0.3) is 0 Å². The SMILES string of the molecule is C=CCCNC(=O)Oc1ccc(N)cc1. The van der Waals surface area contributed by atoms with Crippen molar-refractivity contribution >= 4 is 11.8 Å². The molecule has 0 aliphatic heterocycles. The van der Waals surface area contributed by atoms with E-state index in [1.807, 2.05) is 0 Å². The third-order valence-corrected chi connectivity index (χ3v) is 1.71. The largest absolute Gasteiger partial charge is 0.412 e. The van der Waals surface area contributed by atoms with Crippen LogP contribution in [0.4, 0.5) is 10.5 Å². The van der Waals surface area contributed by atoms with Crippen LogP contribution in [0.5, 0.6) is 5.75 Å². The van der Waals surface area contributed by atoms with Gasteiger partial charge in [0.1, 0.15) is 5.75 Å². The fourth-order valence-electron chi connectivity index (χ4n) is 0.955. The van der Waals surface area contributed by atoms with Gasteiger partial charge in [0.15, 0.2) is 0 Å². The number of rotatable bonds is 4. The first-order valence-corrected chi connectivity index (χ1v) is 4.64. The van der Waals surface area contributed by atoms with Crippen LogP contribution in [-0.4, -0.2) is 12.6 Å². The predicted octanol–water partition coefficient (Wildman–Crippen LogP) is 1.93. The molecule has 3 N–H and O–H groups in total. The van der Waals surface area contributed by atoms with Gasteiger partial charge in [0.05, 0.1) is 0 Å². The van der Waals surface area contributed by atoms with E-state index in [0.29, 0.717) is 18.0 Å². The molecule has 15 heavy (non-hydrogen) atoms. The third-order valence-electron chi connectivity index (χ3n) is 1.71. The van der Waals surface area contributed by atoms with Gasteiger partial charge in [-0.05, 0) is 30.7 Å². The van der Waals surface area contributed by atoms with Gasteiger partial charge in [0, 0.05) is 12.2 Å². The number of hydrogen-bond donors (Lipinski definition) is 2. The molecule has 0 unspecified atom stereocenters. The molecular formula is C11H14N2O2. The Balaban J connectivity index is 2.37. The minimum absolute atomic E-state index is 0.471. The molecule has 0 atom stereocenters. The zero-order chi connectivity index (χ0) is 11.1. The number of anilines is 1. The van der Waals surface area contributed by atoms with Gasteiger partial charge in [-0.1, -0.05) is 6.08 Å². The maximum Gasteiger partial charge on any atom is 0.412 e. The number of benzene rings is 1. The van der Waals surface area contributed by atoms with Gasteiger partial charge in [-0.2, -0.15) is 0 Å². The highest BCUT2D eigenvalue weighted by Crippen LogP contribution is 2.12. The predicted molar refractivity (Wildman–Crippen MR) is 59.7 cm³/mol. The van der Waals surface area contributed by atoms with Crippen LogP contribution in [0.15, 0.2) is 36.9 Å². The average Bonchev–Trinajstić information content (AvgIpc) is 2.22. The Morgan fingerprint density at radius 2 is 2.13 bits per heavy atom. The molecule has 4 nitrogen and oxygen atoms in total. The van der Waals surface area contributed by atoms with Crippen LogP contribution in [0, 0.1) is 0 Å². The molecule has 4 heteroatoms. The summed E-state index contributed by atoms with van der Waals surface area (Å²) < 4.78 is 4.98. The summed E-state index contributed by atoms with van der Waals surface area (Å²) in [5.74, 6) is 0.473. The number of hydrogen-bond acceptors (Lipinski definition) is 3. The summed E-state index contributed by atoms with van der Waals surface area (Å²) in [6.07, 6.45) is 1.97. The lowest BCUT2D eigenvalue weighted by atomic mass is 10.3. The van der Waals surface area contributed by atoms with E-state index >= 15 is 0 Å². The minimum atomic E-state index is -0.471. The van der Waals surface area contributed by atoms with E-state index in [2.05, 4.69) is 11.9 Å². The van der Waals surface area contributed by atoms with Gasteiger partial charge in [0.2, 0.25) is 0 Å². The lowest BCUT2D eigenvalue weighted by Gasteiger charge is -2.05. The first-order valence-electron chi connectivity index (χ1n) is 4.64. The quantitative estimate of drug-likeness (QED) is 0.449. The molecule has 0 aromatic heterocycles. The van der Waals surface area contributed by atoms with E-state index in [1.165, 1.54) is 0 Å². The number of nitrogen functional groups attached to an aromatic ring is 1. The van der Waals surface area contributed by atoms with Crippen molar-refractivity contribution in [1.29, 1.82) is 0 Å². The zero-order valence-corrected chi connectivity index (χ0v) is 8.40. The van der Waals surface area contributed by atoms with Gasteiger partial charge >= 0.3 is 6.09 Å². The summed E-state index contributed by atoms with van der Waals surface area (Å²) in [6.45, 7) is 4.07. The van der Waals surface area contributed by atoms with Gasteiger partial charge in [-0.25, -0.2) is 4.79 Å². The molecule has 0 aliphatic carbocycles. The molecule has 0 bridgehead atoms. The first kappa shape index (κ1) is 11.1. The van der Waals surface area contributed by atoms with E-state index < -0.39 is 6.09 Å². The zero-order valence-electron chi connectivity index (χ0n) is 8.40. The summed E-state index contributed by atoms with van der Waals surface area (Å²) in [5, 5.41) is 2.58. The topological polar surface area (TPSA) is 64.3 Å². The molecule has 1 aromatic carbocycles. The molecular weight excluding hydrogens is 192 g/mol. The van der Waals surface area contributed by atoms with E-state index in [-0.39, 0.29) is 0 Å². The highest BCUT2D eigenvalue weighted by Gasteiger charge is 2.01. The first-order chi connectivity index (χ1) is 7.22. The van der Waals surface area contributed by atoms with E-state index in [4.69, 9.17) is 10.5 Å². The number of nitrogens with two attached hydrogens (primary N) is 1. The van der Waals surface area contributed by atoms with Crippen molar-refractivity contribution in [3.8, 4) is 5.75 Å². The van der Waals surface area contributed by atoms with Crippen LogP contribution < -0.4 is 15.8 Å². The van der Waals surface area contributed by atoms with Gasteiger partial charge < -0.3 is 15.8 Å². The number of nitrogens with one attached hydrogen (secondary N) is 1. The molecule has 0 aliphatic rings. The summed E-state index contributed by atoms with van der Waals surface area (Å²) in [7, 11) is 0. The van der Waals surface area contributed by atoms with Crippen molar-refractivity contribution in [3.63, 3.8) is 0 Å². The van der Waals surface area contributed by atoms with Crippen LogP contribution in [-0.2, 0) is 0 Å². The van der Waals surface area contributed by atoms with Crippen LogP contribution in [0.1, 0.15) is 6.42 Å². The maximum absolute atomic E-state index is 11.2. The molecule has 0 radical (unpaired) electrons. The minimum Gasteiger partial charge on any atom is -0.410 e. The molecule has 0 saturated heterocycles. The Hall–Kier alpha value is -1.97. The van der Waals surface area contributed by atoms with Crippen LogP contribution in [0.3, 0.4) is 0 Å². The lowest BCUT2D eigenvalue weighted by Crippen LogP contribution is -2.27. The summed E-state index contributed by atoms with van der Waals surface area (Å²) in [5.41, 5.74) is 6.12. The third kappa shape index (κ3) is 4.17. The van der Waals surface area contributed by atoms with Gasteiger partial charge in [-0.15, -0.1) is 6.58 Å². The Morgan fingerprint density at radius 1 is 1.47 bits per heavy atom. The Morgan fingerprint density at radius 3 is 2.73 bits per heavy atom. The van der Waals surface area contributed by atoms with E-state index in [1.54, 1.807) is 30.3 Å². The molecule has 1 amide bonds. The molecule has 1 aromatic rings. The second-order valence-corrected chi connectivity index (χ2v) is 2.96. The highest BCUT2D eigenvalue weighted by atomic mass is 16.5. The van der Waals surface area contributed by atoms with Crippen LogP contribution in [0.2, 0.25) is 0 Å². The summed E-state index contributed by atoms with van der Waals surface area (Å²) >= 11 is 0. The maximum atomic E-state index is 11.2. The highest BCUT2D eigenvalue weighted by molar-refractivity contribution is 5.70. The second kappa shape index (κ2) is 5.70. The van der Waals surface area contributed by atoms with Crippen molar-refractivity contribution in [1.82, 2.24) is 5.32 Å². The standard InChI is InChI=1S/C11H14N2O2/c1-2-3-8-13-11(14)15-10-6-4-9(12)5-7-10/h2,4-7H,1,3,8,12H2,(H,13,14). The fourth-order valence-corrected chi connectivity index (χ4v) is 0.955. The molecule has 0 fully saturated rings. The number of carbonyl (C=O) groups excluding carboxylic acids is 1. The van der Waals surface area contributed by atoms with E-state index in [0.717, 1.165) is 6.42 Å². The van der Waals surface area contributed by atoms with Gasteiger partial charge in [0.25, 0.3) is 0 Å². The number of amides is 1. The normalized spacial score (nSPS) is 9.33. The van der Waals surface area contributed by atoms with E-state index in [9.17, 15) is 4.79 Å². The second-order valence-electron chi connectivity index (χ2n) is 2.96. The number of carbonyl (C=O) groups is 1. The van der Waals surface area contributed by atoms with Crippen molar-refractivity contribution in [2.45, 2.75) is 6.42 Å².